The Labute approximate surface area is 262 Å². The third-order valence-corrected chi connectivity index (χ3v) is 6.53. The van der Waals surface area contributed by atoms with E-state index < -0.39 is 0 Å². The molecule has 1 aliphatic carbocycles. The second-order valence-corrected chi connectivity index (χ2v) is 8.80. The Hall–Kier alpha value is -0.852. The maximum Gasteiger partial charge on any atom is 0.140 e. The molecule has 5 aromatic rings. The van der Waals surface area contributed by atoms with Gasteiger partial charge in [-0.15, -0.1) is 0 Å². The van der Waals surface area contributed by atoms with E-state index in [0.29, 0.717) is 0 Å². The fourth-order valence-corrected chi connectivity index (χ4v) is 4.81. The Balaban J connectivity index is 0.000000625. The molecule has 0 amide bonds. The van der Waals surface area contributed by atoms with Crippen LogP contribution in [0.3, 0.4) is 0 Å². The summed E-state index contributed by atoms with van der Waals surface area (Å²) < 4.78 is 6.49. The van der Waals surface area contributed by atoms with Gasteiger partial charge in [0, 0.05) is 87.3 Å². The topological polar surface area (TPSA) is 13.1 Å². The Morgan fingerprint density at radius 3 is 1.83 bits per heavy atom. The van der Waals surface area contributed by atoms with Crippen molar-refractivity contribution in [2.24, 2.45) is 0 Å². The maximum atomic E-state index is 6.49. The van der Waals surface area contributed by atoms with Crippen molar-refractivity contribution in [3.8, 4) is 11.3 Å². The average Bonchev–Trinajstić information content (AvgIpc) is 3.34. The summed E-state index contributed by atoms with van der Waals surface area (Å²) in [7, 11) is 0. The van der Waals surface area contributed by atoms with Crippen LogP contribution in [0, 0.1) is 14.4 Å². The molecule has 35 heavy (non-hydrogen) atoms. The largest absolute Gasteiger partial charge is 0.456 e. The summed E-state index contributed by atoms with van der Waals surface area (Å²) in [5, 5.41) is 6.35. The number of hydrogen-bond donors (Lipinski definition) is 0. The van der Waals surface area contributed by atoms with Gasteiger partial charge in [0.2, 0.25) is 0 Å². The van der Waals surface area contributed by atoms with Crippen molar-refractivity contribution in [2.45, 2.75) is 52.9 Å². The Morgan fingerprint density at radius 2 is 1.23 bits per heavy atom. The summed E-state index contributed by atoms with van der Waals surface area (Å²) in [6.45, 7) is 14.0. The Bertz CT molecular complexity index is 1390. The molecule has 0 atom stereocenters. The van der Waals surface area contributed by atoms with Gasteiger partial charge < -0.3 is 18.8 Å². The van der Waals surface area contributed by atoms with Crippen molar-refractivity contribution >= 4 is 32.5 Å². The van der Waals surface area contributed by atoms with Gasteiger partial charge in [-0.25, -0.2) is 0 Å². The normalized spacial score (nSPS) is 12.1. The first-order valence-corrected chi connectivity index (χ1v) is 11.8. The zero-order valence-corrected chi connectivity index (χ0v) is 27.8. The third kappa shape index (κ3) is 5.55. The molecule has 3 heteroatoms. The predicted molar refractivity (Wildman–Crippen MR) is 147 cm³/mol. The van der Waals surface area contributed by atoms with E-state index in [-0.39, 0.29) is 78.3 Å². The van der Waals surface area contributed by atoms with Crippen LogP contribution in [0.15, 0.2) is 77.2 Å². The van der Waals surface area contributed by atoms with Gasteiger partial charge in [0.15, 0.2) is 0 Å². The van der Waals surface area contributed by atoms with Gasteiger partial charge in [0.05, 0.1) is 0 Å². The molecular formula is C32H36OY2-2. The zero-order valence-electron chi connectivity index (χ0n) is 22.1. The van der Waals surface area contributed by atoms with Crippen LogP contribution < -0.4 is 0 Å². The molecule has 0 aliphatic heterocycles. The van der Waals surface area contributed by atoms with E-state index in [0.717, 1.165) is 11.3 Å². The molecule has 0 saturated heterocycles. The summed E-state index contributed by atoms with van der Waals surface area (Å²) in [5.74, 6) is 1.05. The van der Waals surface area contributed by atoms with Crippen LogP contribution in [-0.4, -0.2) is 0 Å². The van der Waals surface area contributed by atoms with Gasteiger partial charge in [-0.1, -0.05) is 107 Å². The first-order chi connectivity index (χ1) is 15.6. The molecule has 1 aliphatic rings. The first kappa shape index (κ1) is 32.2. The molecule has 1 aromatic heterocycles. The molecule has 4 aromatic carbocycles. The van der Waals surface area contributed by atoms with Crippen molar-refractivity contribution < 1.29 is 69.8 Å². The standard InChI is InChI=1S/C25H18O.C4H10.C2H5.CH3.2Y/c1-25(2)19-13-11-15-7-3-5-9-17(15)21(19)24-23(25)22-18-10-6-4-8-16(18)12-14-20(22)26-24;1-3-4-2;1-2;;;/h3-14H,1-2H3;3-4H2,1-2H3;1H2,2H3;1H3;;/q;;2*-1;;. The van der Waals surface area contributed by atoms with E-state index >= 15 is 0 Å². The number of rotatable bonds is 1. The summed E-state index contributed by atoms with van der Waals surface area (Å²) in [6, 6.07) is 26.0. The van der Waals surface area contributed by atoms with E-state index in [1.807, 2.05) is 0 Å². The quantitative estimate of drug-likeness (QED) is 0.171. The van der Waals surface area contributed by atoms with Crippen LogP contribution in [0.5, 0.6) is 0 Å². The molecule has 178 valence electrons. The van der Waals surface area contributed by atoms with Gasteiger partial charge in [-0.2, -0.15) is 6.92 Å². The molecule has 0 unspecified atom stereocenters. The van der Waals surface area contributed by atoms with E-state index in [9.17, 15) is 0 Å². The van der Waals surface area contributed by atoms with Gasteiger partial charge >= 0.3 is 0 Å². The molecule has 0 bridgehead atoms. The molecule has 0 spiro atoms. The van der Waals surface area contributed by atoms with Crippen molar-refractivity contribution in [1.82, 2.24) is 0 Å². The van der Waals surface area contributed by atoms with E-state index in [1.165, 1.54) is 56.5 Å². The summed E-state index contributed by atoms with van der Waals surface area (Å²) in [6.07, 6.45) is 2.64. The SMILES string of the molecule is CC1(C)c2ccc3ccccc3c2-c2oc3ccc4ccccc4c3c21.CCCC.[CH2-]C.[CH3-].[Y].[Y]. The predicted octanol–water partition coefficient (Wildman–Crippen LogP) is 10.1. The minimum absolute atomic E-state index is 0. The molecule has 0 N–H and O–H groups in total. The molecule has 1 nitrogen and oxygen atoms in total. The van der Waals surface area contributed by atoms with Crippen LogP contribution in [0.1, 0.15) is 58.6 Å². The summed E-state index contributed by atoms with van der Waals surface area (Å²) >= 11 is 0. The summed E-state index contributed by atoms with van der Waals surface area (Å²) in [4.78, 5) is 0. The molecule has 6 rings (SSSR count). The molecular weight excluding hydrogens is 578 g/mol. The number of furan rings is 1. The zero-order chi connectivity index (χ0) is 22.9. The van der Waals surface area contributed by atoms with E-state index in [4.69, 9.17) is 4.42 Å². The van der Waals surface area contributed by atoms with Gasteiger partial charge in [0.1, 0.15) is 11.3 Å². The van der Waals surface area contributed by atoms with Crippen molar-refractivity contribution in [3.05, 3.63) is 98.3 Å². The van der Waals surface area contributed by atoms with Gasteiger partial charge in [-0.3, -0.25) is 0 Å². The van der Waals surface area contributed by atoms with Crippen LogP contribution in [0.25, 0.3) is 43.8 Å². The molecule has 0 saturated carbocycles. The number of benzene rings is 4. The fraction of sp³-hybridized carbons (Fsp3) is 0.250. The fourth-order valence-electron chi connectivity index (χ4n) is 4.81. The maximum absolute atomic E-state index is 6.49. The summed E-state index contributed by atoms with van der Waals surface area (Å²) in [5.41, 5.74) is 4.86. The second kappa shape index (κ2) is 13.6. The van der Waals surface area contributed by atoms with Crippen LogP contribution >= 0.6 is 0 Å². The first-order valence-electron chi connectivity index (χ1n) is 11.8. The second-order valence-electron chi connectivity index (χ2n) is 8.80. The Kier molecular flexibility index (Phi) is 12.5. The third-order valence-electron chi connectivity index (χ3n) is 6.53. The minimum Gasteiger partial charge on any atom is -0.456 e. The van der Waals surface area contributed by atoms with Crippen LogP contribution in [0.4, 0.5) is 0 Å². The van der Waals surface area contributed by atoms with Crippen LogP contribution in [0.2, 0.25) is 0 Å². The minimum atomic E-state index is -0.0793. The average molecular weight is 614 g/mol. The van der Waals surface area contributed by atoms with Gasteiger partial charge in [0.25, 0.3) is 0 Å². The smallest absolute Gasteiger partial charge is 0.140 e. The molecule has 2 radical (unpaired) electrons. The Morgan fingerprint density at radius 1 is 0.714 bits per heavy atom. The number of hydrogen-bond acceptors (Lipinski definition) is 1. The van der Waals surface area contributed by atoms with Crippen molar-refractivity contribution in [2.75, 3.05) is 0 Å². The van der Waals surface area contributed by atoms with Crippen molar-refractivity contribution in [1.29, 1.82) is 0 Å². The monoisotopic (exact) mass is 614 g/mol. The van der Waals surface area contributed by atoms with Gasteiger partial charge in [-0.05, 0) is 33.2 Å². The van der Waals surface area contributed by atoms with Crippen molar-refractivity contribution in [3.63, 3.8) is 0 Å². The van der Waals surface area contributed by atoms with Crippen LogP contribution in [-0.2, 0) is 70.8 Å². The molecule has 1 heterocycles. The molecule has 0 fully saturated rings. The number of fused-ring (bicyclic) bond motifs is 9. The van der Waals surface area contributed by atoms with E-state index in [2.05, 4.69) is 107 Å². The van der Waals surface area contributed by atoms with E-state index in [1.54, 1.807) is 6.92 Å². The number of unbranched alkanes of at least 4 members (excludes halogenated alkanes) is 1.